The van der Waals surface area contributed by atoms with Crippen LogP contribution in [0.5, 0.6) is 0 Å². The molecule has 100 valence electrons. The van der Waals surface area contributed by atoms with Gasteiger partial charge in [-0.05, 0) is 37.1 Å². The highest BCUT2D eigenvalue weighted by Crippen LogP contribution is 2.23. The van der Waals surface area contributed by atoms with Crippen LogP contribution in [-0.2, 0) is 10.0 Å². The van der Waals surface area contributed by atoms with Gasteiger partial charge in [-0.2, -0.15) is 14.8 Å². The van der Waals surface area contributed by atoms with E-state index in [9.17, 15) is 8.42 Å². The van der Waals surface area contributed by atoms with Crippen molar-refractivity contribution in [2.24, 2.45) is 0 Å². The lowest BCUT2D eigenvalue weighted by atomic mass is 10.1. The highest BCUT2D eigenvalue weighted by Gasteiger charge is 2.25. The maximum Gasteiger partial charge on any atom is 0.245 e. The molecule has 7 heteroatoms. The second-order valence-electron chi connectivity index (χ2n) is 4.04. The molecule has 0 saturated heterocycles. The van der Waals surface area contributed by atoms with E-state index in [1.165, 1.54) is 12.1 Å². The third-order valence-corrected chi connectivity index (χ3v) is 4.58. The van der Waals surface area contributed by atoms with Crippen molar-refractivity contribution in [3.05, 3.63) is 23.3 Å². The lowest BCUT2D eigenvalue weighted by Crippen LogP contribution is -2.32. The van der Waals surface area contributed by atoms with E-state index in [2.05, 4.69) is 0 Å². The van der Waals surface area contributed by atoms with Gasteiger partial charge in [0.2, 0.25) is 10.0 Å². The van der Waals surface area contributed by atoms with Gasteiger partial charge >= 0.3 is 0 Å². The van der Waals surface area contributed by atoms with E-state index in [1.807, 2.05) is 0 Å². The molecule has 0 aromatic heterocycles. The fraction of sp³-hybridized carbons (Fsp3) is 0.333. The van der Waals surface area contributed by atoms with Crippen molar-refractivity contribution in [3.8, 4) is 12.1 Å². The molecule has 0 atom stereocenters. The normalized spacial score (nSPS) is 11.0. The maximum absolute atomic E-state index is 12.3. The summed E-state index contributed by atoms with van der Waals surface area (Å²) < 4.78 is 25.4. The molecule has 0 radical (unpaired) electrons. The monoisotopic (exact) mass is 278 g/mol. The predicted molar refractivity (Wildman–Crippen MR) is 70.3 cm³/mol. The van der Waals surface area contributed by atoms with E-state index in [0.29, 0.717) is 5.69 Å². The summed E-state index contributed by atoms with van der Waals surface area (Å²) in [6.45, 7) is 2.80. The van der Waals surface area contributed by atoms with Gasteiger partial charge in [-0.25, -0.2) is 8.42 Å². The zero-order chi connectivity index (χ0) is 14.6. The van der Waals surface area contributed by atoms with Gasteiger partial charge in [-0.3, -0.25) is 0 Å². The minimum Gasteiger partial charge on any atom is -0.398 e. The van der Waals surface area contributed by atoms with Gasteiger partial charge in [-0.15, -0.1) is 0 Å². The Hall–Kier alpha value is -2.09. The van der Waals surface area contributed by atoms with E-state index in [-0.39, 0.29) is 18.0 Å². The SMILES string of the molecule is Cc1cc(S(=O)(=O)N(CC#N)CC#N)cc(N)c1C. The summed E-state index contributed by atoms with van der Waals surface area (Å²) >= 11 is 0. The summed E-state index contributed by atoms with van der Waals surface area (Å²) in [6.07, 6.45) is 0. The van der Waals surface area contributed by atoms with Gasteiger partial charge in [-0.1, -0.05) is 0 Å². The van der Waals surface area contributed by atoms with Gasteiger partial charge in [0, 0.05) is 5.69 Å². The van der Waals surface area contributed by atoms with Crippen LogP contribution in [0.4, 0.5) is 5.69 Å². The summed E-state index contributed by atoms with van der Waals surface area (Å²) in [4.78, 5) is -0.00130. The summed E-state index contributed by atoms with van der Waals surface area (Å²) in [7, 11) is -3.88. The zero-order valence-electron chi connectivity index (χ0n) is 10.7. The summed E-state index contributed by atoms with van der Waals surface area (Å²) in [6, 6.07) is 6.30. The van der Waals surface area contributed by atoms with Gasteiger partial charge < -0.3 is 5.73 Å². The highest BCUT2D eigenvalue weighted by atomic mass is 32.2. The number of nitriles is 2. The van der Waals surface area contributed by atoms with E-state index in [0.717, 1.165) is 15.4 Å². The smallest absolute Gasteiger partial charge is 0.245 e. The molecule has 1 rings (SSSR count). The zero-order valence-corrected chi connectivity index (χ0v) is 11.5. The Morgan fingerprint density at radius 3 is 2.16 bits per heavy atom. The average Bonchev–Trinajstić information content (AvgIpc) is 2.35. The Morgan fingerprint density at radius 2 is 1.74 bits per heavy atom. The van der Waals surface area contributed by atoms with Crippen LogP contribution in [-0.4, -0.2) is 25.8 Å². The van der Waals surface area contributed by atoms with E-state index >= 15 is 0 Å². The number of sulfonamides is 1. The highest BCUT2D eigenvalue weighted by molar-refractivity contribution is 7.89. The molecule has 0 saturated carbocycles. The minimum absolute atomic E-state index is 0.00130. The van der Waals surface area contributed by atoms with Crippen molar-refractivity contribution in [1.82, 2.24) is 4.31 Å². The number of hydrogen-bond donors (Lipinski definition) is 1. The van der Waals surface area contributed by atoms with Crippen LogP contribution in [0.2, 0.25) is 0 Å². The molecule has 0 aliphatic rings. The van der Waals surface area contributed by atoms with Gasteiger partial charge in [0.05, 0.1) is 17.0 Å². The molecule has 2 N–H and O–H groups in total. The first-order valence-corrected chi connectivity index (χ1v) is 6.89. The fourth-order valence-electron chi connectivity index (χ4n) is 1.53. The molecule has 19 heavy (non-hydrogen) atoms. The largest absolute Gasteiger partial charge is 0.398 e. The predicted octanol–water partition coefficient (Wildman–Crippen LogP) is 0.924. The molecule has 0 fully saturated rings. The van der Waals surface area contributed by atoms with Crippen LogP contribution in [0.25, 0.3) is 0 Å². The van der Waals surface area contributed by atoms with Gasteiger partial charge in [0.15, 0.2) is 0 Å². The fourth-order valence-corrected chi connectivity index (χ4v) is 2.89. The Kier molecular flexibility index (Phi) is 4.49. The maximum atomic E-state index is 12.3. The third-order valence-electron chi connectivity index (χ3n) is 2.81. The number of benzene rings is 1. The van der Waals surface area contributed by atoms with Crippen LogP contribution in [0.3, 0.4) is 0 Å². The van der Waals surface area contributed by atoms with E-state index in [4.69, 9.17) is 16.3 Å². The molecule has 0 heterocycles. The molecule has 0 unspecified atom stereocenters. The minimum atomic E-state index is -3.88. The number of nitrogen functional groups attached to an aromatic ring is 1. The molecule has 0 bridgehead atoms. The van der Waals surface area contributed by atoms with Crippen LogP contribution in [0.1, 0.15) is 11.1 Å². The van der Waals surface area contributed by atoms with Crippen LogP contribution in [0.15, 0.2) is 17.0 Å². The third kappa shape index (κ3) is 3.02. The molecule has 0 aliphatic heterocycles. The summed E-state index contributed by atoms with van der Waals surface area (Å²) in [5.74, 6) is 0. The average molecular weight is 278 g/mol. The van der Waals surface area contributed by atoms with Crippen molar-refractivity contribution < 1.29 is 8.42 Å². The lowest BCUT2D eigenvalue weighted by molar-refractivity contribution is 0.479. The lowest BCUT2D eigenvalue weighted by Gasteiger charge is -2.17. The standard InChI is InChI=1S/C12H14N4O2S/c1-9-7-11(8-12(15)10(9)2)19(17,18)16(5-3-13)6-4-14/h7-8H,5-6,15H2,1-2H3. The first-order chi connectivity index (χ1) is 8.84. The van der Waals surface area contributed by atoms with Crippen LogP contribution >= 0.6 is 0 Å². The Labute approximate surface area is 112 Å². The number of nitrogens with two attached hydrogens (primary N) is 1. The summed E-state index contributed by atoms with van der Waals surface area (Å²) in [5.41, 5.74) is 7.68. The second-order valence-corrected chi connectivity index (χ2v) is 5.98. The number of anilines is 1. The topological polar surface area (TPSA) is 111 Å². The van der Waals surface area contributed by atoms with Crippen molar-refractivity contribution in [1.29, 1.82) is 10.5 Å². The van der Waals surface area contributed by atoms with Crippen molar-refractivity contribution in [3.63, 3.8) is 0 Å². The van der Waals surface area contributed by atoms with E-state index in [1.54, 1.807) is 26.0 Å². The van der Waals surface area contributed by atoms with Crippen LogP contribution < -0.4 is 5.73 Å². The van der Waals surface area contributed by atoms with Crippen molar-refractivity contribution in [2.45, 2.75) is 18.7 Å². The number of rotatable bonds is 4. The Bertz CT molecular complexity index is 629. The molecule has 1 aromatic rings. The molecular formula is C12H14N4O2S. The van der Waals surface area contributed by atoms with Crippen LogP contribution in [0, 0.1) is 36.5 Å². The molecule has 6 nitrogen and oxygen atoms in total. The number of nitrogens with zero attached hydrogens (tertiary/aromatic N) is 3. The van der Waals surface area contributed by atoms with Gasteiger partial charge in [0.1, 0.15) is 13.1 Å². The quantitative estimate of drug-likeness (QED) is 0.650. The molecule has 0 aliphatic carbocycles. The summed E-state index contributed by atoms with van der Waals surface area (Å²) in [5, 5.41) is 17.3. The molecular weight excluding hydrogens is 264 g/mol. The van der Waals surface area contributed by atoms with E-state index < -0.39 is 10.0 Å². The number of aryl methyl sites for hydroxylation is 1. The Balaban J connectivity index is 3.35. The van der Waals surface area contributed by atoms with Gasteiger partial charge in [0.25, 0.3) is 0 Å². The van der Waals surface area contributed by atoms with Crippen molar-refractivity contribution in [2.75, 3.05) is 18.8 Å². The second kappa shape index (κ2) is 5.70. The number of hydrogen-bond acceptors (Lipinski definition) is 5. The molecule has 0 spiro atoms. The first kappa shape index (κ1) is 15.0. The first-order valence-electron chi connectivity index (χ1n) is 5.45. The van der Waals surface area contributed by atoms with Crippen molar-refractivity contribution >= 4 is 15.7 Å². The molecule has 1 aromatic carbocycles. The molecule has 0 amide bonds. The Morgan fingerprint density at radius 1 is 1.21 bits per heavy atom.